The molecule has 114 valence electrons. The van der Waals surface area contributed by atoms with Gasteiger partial charge in [-0.25, -0.2) is 0 Å². The first-order chi connectivity index (χ1) is 10.1. The molecular formula is C17H25N3O. The highest BCUT2D eigenvalue weighted by Crippen LogP contribution is 2.40. The van der Waals surface area contributed by atoms with Gasteiger partial charge in [-0.1, -0.05) is 25.7 Å². The lowest BCUT2D eigenvalue weighted by Crippen LogP contribution is -2.54. The third kappa shape index (κ3) is 2.47. The minimum atomic E-state index is -0.104. The van der Waals surface area contributed by atoms with Crippen molar-refractivity contribution < 1.29 is 4.79 Å². The smallest absolute Gasteiger partial charge is 0.249 e. The second-order valence-corrected chi connectivity index (χ2v) is 6.37. The zero-order valence-electron chi connectivity index (χ0n) is 13.0. The summed E-state index contributed by atoms with van der Waals surface area (Å²) in [7, 11) is 1.86. The number of nitrogen functional groups attached to an aromatic ring is 1. The third-order valence-electron chi connectivity index (χ3n) is 4.96. The van der Waals surface area contributed by atoms with E-state index >= 15 is 0 Å². The summed E-state index contributed by atoms with van der Waals surface area (Å²) in [5.41, 5.74) is 8.87. The SMILES string of the molecule is C[C@@H]1C(=O)N(C)c2ccc(N)cc2N1C1CCCCCC1. The predicted octanol–water partition coefficient (Wildman–Crippen LogP) is 3.16. The molecule has 4 nitrogen and oxygen atoms in total. The van der Waals surface area contributed by atoms with Gasteiger partial charge in [0.15, 0.2) is 0 Å². The van der Waals surface area contributed by atoms with Crippen LogP contribution in [0.4, 0.5) is 17.1 Å². The maximum absolute atomic E-state index is 12.6. The number of carbonyl (C=O) groups is 1. The van der Waals surface area contributed by atoms with Gasteiger partial charge in [-0.05, 0) is 38.0 Å². The molecule has 2 aliphatic rings. The molecule has 0 saturated heterocycles. The van der Waals surface area contributed by atoms with Gasteiger partial charge in [0.05, 0.1) is 11.4 Å². The molecule has 21 heavy (non-hydrogen) atoms. The molecule has 3 rings (SSSR count). The molecule has 0 aromatic heterocycles. The van der Waals surface area contributed by atoms with Crippen molar-refractivity contribution in [1.29, 1.82) is 0 Å². The topological polar surface area (TPSA) is 49.6 Å². The van der Waals surface area contributed by atoms with E-state index in [2.05, 4.69) is 4.90 Å². The summed E-state index contributed by atoms with van der Waals surface area (Å²) in [5, 5.41) is 0. The first kappa shape index (κ1) is 14.2. The molecule has 2 N–H and O–H groups in total. The van der Waals surface area contributed by atoms with Crippen LogP contribution in [0.2, 0.25) is 0 Å². The Hall–Kier alpha value is -1.71. The molecule has 1 amide bonds. The molecule has 1 aliphatic carbocycles. The maximum atomic E-state index is 12.6. The quantitative estimate of drug-likeness (QED) is 0.637. The minimum Gasteiger partial charge on any atom is -0.399 e. The third-order valence-corrected chi connectivity index (χ3v) is 4.96. The molecular weight excluding hydrogens is 262 g/mol. The maximum Gasteiger partial charge on any atom is 0.249 e. The summed E-state index contributed by atoms with van der Waals surface area (Å²) in [4.78, 5) is 16.7. The van der Waals surface area contributed by atoms with E-state index in [9.17, 15) is 4.79 Å². The van der Waals surface area contributed by atoms with E-state index in [1.807, 2.05) is 32.2 Å². The molecule has 0 unspecified atom stereocenters. The van der Waals surface area contributed by atoms with Gasteiger partial charge in [0.1, 0.15) is 6.04 Å². The van der Waals surface area contributed by atoms with Crippen molar-refractivity contribution in [2.75, 3.05) is 22.6 Å². The Morgan fingerprint density at radius 3 is 2.43 bits per heavy atom. The lowest BCUT2D eigenvalue weighted by Gasteiger charge is -2.44. The fourth-order valence-corrected chi connectivity index (χ4v) is 3.81. The molecule has 4 heteroatoms. The van der Waals surface area contributed by atoms with E-state index < -0.39 is 0 Å². The Labute approximate surface area is 126 Å². The van der Waals surface area contributed by atoms with Gasteiger partial charge in [0, 0.05) is 18.8 Å². The Bertz CT molecular complexity index is 535. The Kier molecular flexibility index (Phi) is 3.79. The van der Waals surface area contributed by atoms with Crippen LogP contribution in [-0.4, -0.2) is 25.0 Å². The van der Waals surface area contributed by atoms with Gasteiger partial charge in [-0.3, -0.25) is 4.79 Å². The zero-order valence-corrected chi connectivity index (χ0v) is 13.0. The summed E-state index contributed by atoms with van der Waals surface area (Å²) in [5.74, 6) is 0.177. The molecule has 1 heterocycles. The first-order valence-corrected chi connectivity index (χ1v) is 8.05. The summed E-state index contributed by atoms with van der Waals surface area (Å²) < 4.78 is 0. The van der Waals surface area contributed by atoms with Crippen molar-refractivity contribution >= 4 is 23.0 Å². The monoisotopic (exact) mass is 287 g/mol. The van der Waals surface area contributed by atoms with E-state index in [0.717, 1.165) is 17.1 Å². The van der Waals surface area contributed by atoms with E-state index in [4.69, 9.17) is 5.73 Å². The summed E-state index contributed by atoms with van der Waals surface area (Å²) in [6, 6.07) is 6.23. The van der Waals surface area contributed by atoms with Gasteiger partial charge in [0.25, 0.3) is 0 Å². The molecule has 0 bridgehead atoms. The molecule has 1 aliphatic heterocycles. The van der Waals surface area contributed by atoms with Gasteiger partial charge >= 0.3 is 0 Å². The molecule has 1 atom stereocenters. The van der Waals surface area contributed by atoms with Crippen LogP contribution in [0.25, 0.3) is 0 Å². The molecule has 1 aromatic carbocycles. The van der Waals surface area contributed by atoms with Crippen molar-refractivity contribution in [2.24, 2.45) is 0 Å². The van der Waals surface area contributed by atoms with Crippen LogP contribution in [0.1, 0.15) is 45.4 Å². The Morgan fingerprint density at radius 2 is 1.76 bits per heavy atom. The van der Waals surface area contributed by atoms with Gasteiger partial charge in [-0.15, -0.1) is 0 Å². The number of nitrogens with zero attached hydrogens (tertiary/aromatic N) is 2. The van der Waals surface area contributed by atoms with Crippen LogP contribution in [0.3, 0.4) is 0 Å². The lowest BCUT2D eigenvalue weighted by atomic mass is 9.99. The van der Waals surface area contributed by atoms with E-state index in [-0.39, 0.29) is 11.9 Å². The van der Waals surface area contributed by atoms with Gasteiger partial charge in [0.2, 0.25) is 5.91 Å². The number of likely N-dealkylation sites (N-methyl/N-ethyl adjacent to an activating group) is 1. The van der Waals surface area contributed by atoms with Crippen molar-refractivity contribution in [1.82, 2.24) is 0 Å². The van der Waals surface area contributed by atoms with Crippen LogP contribution < -0.4 is 15.5 Å². The number of carbonyl (C=O) groups excluding carboxylic acids is 1. The van der Waals surface area contributed by atoms with Crippen LogP contribution >= 0.6 is 0 Å². The number of amides is 1. The lowest BCUT2D eigenvalue weighted by molar-refractivity contribution is -0.119. The number of anilines is 3. The molecule has 0 radical (unpaired) electrons. The van der Waals surface area contributed by atoms with Crippen molar-refractivity contribution in [3.8, 4) is 0 Å². The van der Waals surface area contributed by atoms with Crippen molar-refractivity contribution in [3.63, 3.8) is 0 Å². The van der Waals surface area contributed by atoms with Gasteiger partial charge in [-0.2, -0.15) is 0 Å². The zero-order chi connectivity index (χ0) is 15.0. The first-order valence-electron chi connectivity index (χ1n) is 8.05. The highest BCUT2D eigenvalue weighted by molar-refractivity contribution is 6.05. The average Bonchev–Trinajstić information content (AvgIpc) is 2.74. The highest BCUT2D eigenvalue weighted by atomic mass is 16.2. The number of hydrogen-bond donors (Lipinski definition) is 1. The van der Waals surface area contributed by atoms with E-state index in [1.165, 1.54) is 38.5 Å². The minimum absolute atomic E-state index is 0.104. The number of hydrogen-bond acceptors (Lipinski definition) is 3. The summed E-state index contributed by atoms with van der Waals surface area (Å²) in [6.07, 6.45) is 7.50. The fourth-order valence-electron chi connectivity index (χ4n) is 3.81. The van der Waals surface area contributed by atoms with Crippen LogP contribution in [0.5, 0.6) is 0 Å². The summed E-state index contributed by atoms with van der Waals surface area (Å²) >= 11 is 0. The van der Waals surface area contributed by atoms with Crippen LogP contribution in [0.15, 0.2) is 18.2 Å². The van der Waals surface area contributed by atoms with Crippen molar-refractivity contribution in [2.45, 2.75) is 57.5 Å². The largest absolute Gasteiger partial charge is 0.399 e. The van der Waals surface area contributed by atoms with E-state index in [0.29, 0.717) is 6.04 Å². The molecule has 1 saturated carbocycles. The number of benzene rings is 1. The number of fused-ring (bicyclic) bond motifs is 1. The highest BCUT2D eigenvalue weighted by Gasteiger charge is 2.37. The normalized spacial score (nSPS) is 23.9. The average molecular weight is 287 g/mol. The summed E-state index contributed by atoms with van der Waals surface area (Å²) in [6.45, 7) is 2.02. The molecule has 1 fully saturated rings. The van der Waals surface area contributed by atoms with Crippen LogP contribution in [0, 0.1) is 0 Å². The Morgan fingerprint density at radius 1 is 1.10 bits per heavy atom. The number of nitrogens with two attached hydrogens (primary N) is 1. The number of rotatable bonds is 1. The Balaban J connectivity index is 2.03. The fraction of sp³-hybridized carbons (Fsp3) is 0.588. The predicted molar refractivity (Wildman–Crippen MR) is 87.7 cm³/mol. The van der Waals surface area contributed by atoms with E-state index in [1.54, 1.807) is 4.90 Å². The molecule has 1 aromatic rings. The standard InChI is InChI=1S/C17H25N3O/c1-12-17(21)19(2)15-10-9-13(18)11-16(15)20(12)14-7-5-3-4-6-8-14/h9-12,14H,3-8,18H2,1-2H3/t12-/m1/s1. The second kappa shape index (κ2) is 5.58. The molecule has 0 spiro atoms. The van der Waals surface area contributed by atoms with Gasteiger partial charge < -0.3 is 15.5 Å². The second-order valence-electron chi connectivity index (χ2n) is 6.37. The van der Waals surface area contributed by atoms with Crippen molar-refractivity contribution in [3.05, 3.63) is 18.2 Å². The van der Waals surface area contributed by atoms with Crippen LogP contribution in [-0.2, 0) is 4.79 Å².